The van der Waals surface area contributed by atoms with Crippen LogP contribution in [0, 0.1) is 5.41 Å². The van der Waals surface area contributed by atoms with Crippen LogP contribution in [0.2, 0.25) is 0 Å². The monoisotopic (exact) mass is 282 g/mol. The third-order valence-corrected chi connectivity index (χ3v) is 3.45. The van der Waals surface area contributed by atoms with E-state index in [2.05, 4.69) is 42.7 Å². The molecule has 0 amide bonds. The number of rotatable bonds is 8. The maximum Gasteiger partial charge on any atom is 0.110 e. The number of aryl methyl sites for hydroxylation is 1. The third kappa shape index (κ3) is 4.58. The molecule has 5 nitrogen and oxygen atoms in total. The van der Waals surface area contributed by atoms with Crippen molar-refractivity contribution in [3.63, 3.8) is 0 Å². The van der Waals surface area contributed by atoms with Gasteiger partial charge < -0.3 is 9.30 Å². The Kier molecular flexibility index (Phi) is 6.65. The summed E-state index contributed by atoms with van der Waals surface area (Å²) in [5.74, 6) is 6.83. The third-order valence-electron chi connectivity index (χ3n) is 3.45. The van der Waals surface area contributed by atoms with E-state index in [-0.39, 0.29) is 17.6 Å². The standard InChI is InChI=1S/C15H30N4O/c1-6-9-19-10-8-17-13(19)11-12(18-16)14(20-7-2)15(3,4)5/h8,10,12,14,18H,6-7,9,11,16H2,1-5H3. The van der Waals surface area contributed by atoms with Crippen molar-refractivity contribution in [2.24, 2.45) is 11.3 Å². The molecule has 0 aliphatic carbocycles. The Bertz CT molecular complexity index is 383. The lowest BCUT2D eigenvalue weighted by Crippen LogP contribution is -2.52. The molecule has 0 saturated heterocycles. The van der Waals surface area contributed by atoms with Gasteiger partial charge >= 0.3 is 0 Å². The van der Waals surface area contributed by atoms with Crippen LogP contribution in [0.1, 0.15) is 46.9 Å². The van der Waals surface area contributed by atoms with Gasteiger partial charge in [-0.1, -0.05) is 27.7 Å². The van der Waals surface area contributed by atoms with Gasteiger partial charge in [-0.25, -0.2) is 4.98 Å². The molecule has 0 saturated carbocycles. The summed E-state index contributed by atoms with van der Waals surface area (Å²) in [6.07, 6.45) is 5.79. The highest BCUT2D eigenvalue weighted by Gasteiger charge is 2.33. The van der Waals surface area contributed by atoms with Crippen molar-refractivity contribution in [1.82, 2.24) is 15.0 Å². The van der Waals surface area contributed by atoms with Gasteiger partial charge in [0.2, 0.25) is 0 Å². The largest absolute Gasteiger partial charge is 0.376 e. The molecule has 0 aromatic carbocycles. The molecule has 0 aliphatic heterocycles. The van der Waals surface area contributed by atoms with Crippen molar-refractivity contribution >= 4 is 0 Å². The molecule has 0 fully saturated rings. The first kappa shape index (κ1) is 17.1. The average Bonchev–Trinajstić information content (AvgIpc) is 2.80. The molecule has 2 atom stereocenters. The zero-order valence-electron chi connectivity index (χ0n) is 13.5. The van der Waals surface area contributed by atoms with Crippen LogP contribution in [-0.2, 0) is 17.7 Å². The number of hydrazine groups is 1. The highest BCUT2D eigenvalue weighted by molar-refractivity contribution is 4.99. The van der Waals surface area contributed by atoms with Crippen LogP contribution in [-0.4, -0.2) is 28.3 Å². The van der Waals surface area contributed by atoms with E-state index in [1.54, 1.807) is 0 Å². The van der Waals surface area contributed by atoms with Gasteiger partial charge in [0.25, 0.3) is 0 Å². The van der Waals surface area contributed by atoms with Crippen molar-refractivity contribution in [2.75, 3.05) is 6.61 Å². The van der Waals surface area contributed by atoms with Gasteiger partial charge in [0.15, 0.2) is 0 Å². The molecule has 20 heavy (non-hydrogen) atoms. The molecular weight excluding hydrogens is 252 g/mol. The van der Waals surface area contributed by atoms with E-state index in [1.165, 1.54) is 0 Å². The highest BCUT2D eigenvalue weighted by Crippen LogP contribution is 2.26. The molecule has 2 unspecified atom stereocenters. The molecular formula is C15H30N4O. The van der Waals surface area contributed by atoms with Crippen LogP contribution < -0.4 is 11.3 Å². The normalized spacial score (nSPS) is 15.3. The fourth-order valence-electron chi connectivity index (χ4n) is 2.57. The predicted octanol–water partition coefficient (Wildman–Crippen LogP) is 2.12. The Balaban J connectivity index is 2.85. The Morgan fingerprint density at radius 1 is 1.40 bits per heavy atom. The number of imidazole rings is 1. The van der Waals surface area contributed by atoms with Gasteiger partial charge in [-0.15, -0.1) is 0 Å². The predicted molar refractivity (Wildman–Crippen MR) is 82.2 cm³/mol. The van der Waals surface area contributed by atoms with Crippen LogP contribution in [0.5, 0.6) is 0 Å². The first-order valence-electron chi connectivity index (χ1n) is 7.51. The van der Waals surface area contributed by atoms with E-state index < -0.39 is 0 Å². The summed E-state index contributed by atoms with van der Waals surface area (Å²) in [4.78, 5) is 4.46. The number of aromatic nitrogens is 2. The lowest BCUT2D eigenvalue weighted by molar-refractivity contribution is -0.0361. The summed E-state index contributed by atoms with van der Waals surface area (Å²) in [6, 6.07) is 0.0490. The van der Waals surface area contributed by atoms with Gasteiger partial charge in [0.05, 0.1) is 12.1 Å². The van der Waals surface area contributed by atoms with Crippen molar-refractivity contribution in [2.45, 2.75) is 66.2 Å². The molecule has 116 valence electrons. The van der Waals surface area contributed by atoms with Gasteiger partial charge in [-0.05, 0) is 18.8 Å². The van der Waals surface area contributed by atoms with E-state index in [4.69, 9.17) is 10.6 Å². The minimum atomic E-state index is 0.0230. The van der Waals surface area contributed by atoms with Crippen molar-refractivity contribution in [1.29, 1.82) is 0 Å². The molecule has 0 bridgehead atoms. The Labute approximate surface area is 122 Å². The molecule has 3 N–H and O–H groups in total. The molecule has 0 radical (unpaired) electrons. The molecule has 1 rings (SSSR count). The van der Waals surface area contributed by atoms with Crippen LogP contribution >= 0.6 is 0 Å². The first-order chi connectivity index (χ1) is 9.43. The topological polar surface area (TPSA) is 65.1 Å². The van der Waals surface area contributed by atoms with Crippen LogP contribution in [0.3, 0.4) is 0 Å². The quantitative estimate of drug-likeness (QED) is 0.566. The average molecular weight is 282 g/mol. The second-order valence-electron chi connectivity index (χ2n) is 6.26. The highest BCUT2D eigenvalue weighted by atomic mass is 16.5. The second kappa shape index (κ2) is 7.76. The number of nitrogens with one attached hydrogen (secondary N) is 1. The summed E-state index contributed by atoms with van der Waals surface area (Å²) in [6.45, 7) is 12.4. The summed E-state index contributed by atoms with van der Waals surface area (Å²) < 4.78 is 8.12. The van der Waals surface area contributed by atoms with Crippen LogP contribution in [0.4, 0.5) is 0 Å². The number of ether oxygens (including phenoxy) is 1. The van der Waals surface area contributed by atoms with E-state index >= 15 is 0 Å². The Morgan fingerprint density at radius 3 is 2.60 bits per heavy atom. The van der Waals surface area contributed by atoms with E-state index in [9.17, 15) is 0 Å². The fourth-order valence-corrected chi connectivity index (χ4v) is 2.57. The Hall–Kier alpha value is -0.910. The lowest BCUT2D eigenvalue weighted by Gasteiger charge is -2.36. The second-order valence-corrected chi connectivity index (χ2v) is 6.26. The number of hydrogen-bond donors (Lipinski definition) is 2. The summed E-state index contributed by atoms with van der Waals surface area (Å²) in [7, 11) is 0. The van der Waals surface area contributed by atoms with E-state index in [0.717, 1.165) is 25.2 Å². The molecule has 0 aliphatic rings. The van der Waals surface area contributed by atoms with Crippen molar-refractivity contribution < 1.29 is 4.74 Å². The van der Waals surface area contributed by atoms with Gasteiger partial charge in [-0.2, -0.15) is 0 Å². The molecule has 0 spiro atoms. The Morgan fingerprint density at radius 2 is 2.10 bits per heavy atom. The van der Waals surface area contributed by atoms with Crippen molar-refractivity contribution in [3.05, 3.63) is 18.2 Å². The fraction of sp³-hybridized carbons (Fsp3) is 0.800. The zero-order valence-corrected chi connectivity index (χ0v) is 13.5. The minimum Gasteiger partial charge on any atom is -0.376 e. The minimum absolute atomic E-state index is 0.0230. The van der Waals surface area contributed by atoms with Gasteiger partial charge in [0.1, 0.15) is 5.82 Å². The van der Waals surface area contributed by atoms with Crippen molar-refractivity contribution in [3.8, 4) is 0 Å². The number of nitrogens with two attached hydrogens (primary N) is 1. The SMILES string of the molecule is CCCn1ccnc1CC(NN)C(OCC)C(C)(C)C. The van der Waals surface area contributed by atoms with E-state index in [0.29, 0.717) is 6.61 Å². The number of nitrogens with zero attached hydrogens (tertiary/aromatic N) is 2. The number of hydrogen-bond acceptors (Lipinski definition) is 4. The smallest absolute Gasteiger partial charge is 0.110 e. The maximum absolute atomic E-state index is 5.93. The molecule has 1 heterocycles. The summed E-state index contributed by atoms with van der Waals surface area (Å²) in [5.41, 5.74) is 2.95. The van der Waals surface area contributed by atoms with Crippen LogP contribution in [0.25, 0.3) is 0 Å². The molecule has 1 aromatic rings. The molecule has 5 heteroatoms. The van der Waals surface area contributed by atoms with E-state index in [1.807, 2.05) is 19.3 Å². The van der Waals surface area contributed by atoms with Crippen LogP contribution in [0.15, 0.2) is 12.4 Å². The van der Waals surface area contributed by atoms with Gasteiger partial charge in [-0.3, -0.25) is 11.3 Å². The zero-order chi connectivity index (χ0) is 15.2. The van der Waals surface area contributed by atoms with Gasteiger partial charge in [0, 0.05) is 32.0 Å². The molecule has 1 aromatic heterocycles. The maximum atomic E-state index is 5.93. The lowest BCUT2D eigenvalue weighted by atomic mass is 9.83. The summed E-state index contributed by atoms with van der Waals surface area (Å²) in [5, 5.41) is 0. The summed E-state index contributed by atoms with van der Waals surface area (Å²) >= 11 is 0. The first-order valence-corrected chi connectivity index (χ1v) is 7.51.